The summed E-state index contributed by atoms with van der Waals surface area (Å²) in [5.74, 6) is 3.02. The lowest BCUT2D eigenvalue weighted by molar-refractivity contribution is 0.360. The van der Waals surface area contributed by atoms with Crippen molar-refractivity contribution in [1.29, 1.82) is 0 Å². The highest BCUT2D eigenvalue weighted by Gasteiger charge is 2.24. The molecule has 1 aliphatic carbocycles. The van der Waals surface area contributed by atoms with E-state index in [1.165, 1.54) is 22.2 Å². The third kappa shape index (κ3) is 3.76. The molecule has 6 nitrogen and oxygen atoms in total. The second-order valence-electron chi connectivity index (χ2n) is 7.97. The largest absolute Gasteiger partial charge is 0.339 e. The van der Waals surface area contributed by atoms with E-state index < -0.39 is 0 Å². The molecule has 1 unspecified atom stereocenters. The molecule has 150 valence electrons. The van der Waals surface area contributed by atoms with Gasteiger partial charge in [0.2, 0.25) is 5.89 Å². The van der Waals surface area contributed by atoms with Gasteiger partial charge in [-0.3, -0.25) is 9.36 Å². The lowest BCUT2D eigenvalue weighted by atomic mass is 9.89. The van der Waals surface area contributed by atoms with E-state index in [9.17, 15) is 4.79 Å². The van der Waals surface area contributed by atoms with Crippen LogP contribution in [0.2, 0.25) is 0 Å². The molecular weight excluding hydrogens is 392 g/mol. The van der Waals surface area contributed by atoms with Gasteiger partial charge in [0.25, 0.3) is 5.56 Å². The summed E-state index contributed by atoms with van der Waals surface area (Å²) in [5.41, 5.74) is 1.33. The Morgan fingerprint density at radius 1 is 1.36 bits per heavy atom. The van der Waals surface area contributed by atoms with Crippen LogP contribution in [0.3, 0.4) is 0 Å². The average Bonchev–Trinajstić information content (AvgIpc) is 3.22. The molecule has 0 N–H and O–H groups in total. The zero-order chi connectivity index (χ0) is 19.8. The Balaban J connectivity index is 1.63. The number of thiophene rings is 1. The van der Waals surface area contributed by atoms with E-state index in [2.05, 4.69) is 30.9 Å². The molecule has 8 heteroatoms. The Bertz CT molecular complexity index is 1050. The maximum absolute atomic E-state index is 13.2. The van der Waals surface area contributed by atoms with E-state index in [0.29, 0.717) is 35.8 Å². The fourth-order valence-corrected chi connectivity index (χ4v) is 6.03. The SMILES string of the molecule is CCn1c(SCc2noc(CC(C)C)n2)nc2sc3c(c2c1=O)CCC(C)C3. The summed E-state index contributed by atoms with van der Waals surface area (Å²) >= 11 is 3.20. The Kier molecular flexibility index (Phi) is 5.60. The van der Waals surface area contributed by atoms with E-state index in [-0.39, 0.29) is 5.56 Å². The monoisotopic (exact) mass is 418 g/mol. The van der Waals surface area contributed by atoms with Crippen molar-refractivity contribution >= 4 is 33.3 Å². The predicted molar refractivity (Wildman–Crippen MR) is 113 cm³/mol. The van der Waals surface area contributed by atoms with Crippen LogP contribution >= 0.6 is 23.1 Å². The Morgan fingerprint density at radius 2 is 2.18 bits per heavy atom. The van der Waals surface area contributed by atoms with Crippen molar-refractivity contribution in [3.05, 3.63) is 32.5 Å². The maximum atomic E-state index is 13.2. The van der Waals surface area contributed by atoms with Crippen LogP contribution in [-0.2, 0) is 31.6 Å². The van der Waals surface area contributed by atoms with Gasteiger partial charge in [-0.25, -0.2) is 4.98 Å². The van der Waals surface area contributed by atoms with Crippen molar-refractivity contribution in [1.82, 2.24) is 19.7 Å². The van der Waals surface area contributed by atoms with E-state index in [4.69, 9.17) is 9.51 Å². The summed E-state index contributed by atoms with van der Waals surface area (Å²) in [6.45, 7) is 9.13. The van der Waals surface area contributed by atoms with Crippen molar-refractivity contribution in [3.63, 3.8) is 0 Å². The van der Waals surface area contributed by atoms with Gasteiger partial charge in [0, 0.05) is 17.8 Å². The maximum Gasteiger partial charge on any atom is 0.263 e. The third-order valence-corrected chi connectivity index (χ3v) is 7.24. The fraction of sp³-hybridized carbons (Fsp3) is 0.600. The molecule has 0 aliphatic heterocycles. The van der Waals surface area contributed by atoms with Crippen LogP contribution in [0.4, 0.5) is 0 Å². The van der Waals surface area contributed by atoms with Crippen LogP contribution in [0.5, 0.6) is 0 Å². The summed E-state index contributed by atoms with van der Waals surface area (Å²) in [5, 5.41) is 5.65. The first-order valence-corrected chi connectivity index (χ1v) is 11.8. The van der Waals surface area contributed by atoms with Gasteiger partial charge < -0.3 is 4.52 Å². The Hall–Kier alpha value is -1.67. The standard InChI is InChI=1S/C20H26N4O2S2/c1-5-24-19(25)17-13-7-6-12(4)9-14(13)28-18(17)22-20(24)27-10-15-21-16(26-23-15)8-11(2)3/h11-12H,5-10H2,1-4H3. The number of thioether (sulfide) groups is 1. The highest BCUT2D eigenvalue weighted by Crippen LogP contribution is 2.36. The predicted octanol–water partition coefficient (Wildman–Crippen LogP) is 4.48. The number of hydrogen-bond donors (Lipinski definition) is 0. The molecule has 3 aromatic heterocycles. The number of aryl methyl sites for hydroxylation is 1. The van der Waals surface area contributed by atoms with Gasteiger partial charge in [-0.2, -0.15) is 4.98 Å². The summed E-state index contributed by atoms with van der Waals surface area (Å²) in [6.07, 6.45) is 3.98. The highest BCUT2D eigenvalue weighted by molar-refractivity contribution is 7.98. The Labute approximate surface area is 172 Å². The summed E-state index contributed by atoms with van der Waals surface area (Å²) in [6, 6.07) is 0. The minimum absolute atomic E-state index is 0.0932. The van der Waals surface area contributed by atoms with Crippen molar-refractivity contribution in [3.8, 4) is 0 Å². The molecule has 0 fully saturated rings. The lowest BCUT2D eigenvalue weighted by Gasteiger charge is -2.17. The van der Waals surface area contributed by atoms with Gasteiger partial charge in [-0.1, -0.05) is 37.7 Å². The second kappa shape index (κ2) is 7.99. The molecule has 28 heavy (non-hydrogen) atoms. The van der Waals surface area contributed by atoms with Crippen LogP contribution in [-0.4, -0.2) is 19.7 Å². The topological polar surface area (TPSA) is 73.8 Å². The van der Waals surface area contributed by atoms with E-state index in [1.807, 2.05) is 6.92 Å². The molecule has 0 radical (unpaired) electrons. The van der Waals surface area contributed by atoms with Gasteiger partial charge >= 0.3 is 0 Å². The Morgan fingerprint density at radius 3 is 2.93 bits per heavy atom. The average molecular weight is 419 g/mol. The van der Waals surface area contributed by atoms with E-state index in [0.717, 1.165) is 41.1 Å². The first kappa shape index (κ1) is 19.6. The summed E-state index contributed by atoms with van der Waals surface area (Å²) in [7, 11) is 0. The van der Waals surface area contributed by atoms with Crippen LogP contribution in [0.25, 0.3) is 10.2 Å². The van der Waals surface area contributed by atoms with Crippen LogP contribution < -0.4 is 5.56 Å². The molecule has 0 aromatic carbocycles. The van der Waals surface area contributed by atoms with Gasteiger partial charge in [-0.05, 0) is 43.6 Å². The van der Waals surface area contributed by atoms with Crippen molar-refractivity contribution < 1.29 is 4.52 Å². The highest BCUT2D eigenvalue weighted by atomic mass is 32.2. The molecule has 0 saturated carbocycles. The number of rotatable bonds is 6. The smallest absolute Gasteiger partial charge is 0.263 e. The van der Waals surface area contributed by atoms with Crippen molar-refractivity contribution in [2.45, 2.75) is 70.8 Å². The van der Waals surface area contributed by atoms with Gasteiger partial charge in [-0.15, -0.1) is 11.3 Å². The van der Waals surface area contributed by atoms with Crippen molar-refractivity contribution in [2.75, 3.05) is 0 Å². The van der Waals surface area contributed by atoms with E-state index in [1.54, 1.807) is 15.9 Å². The lowest BCUT2D eigenvalue weighted by Crippen LogP contribution is -2.23. The molecule has 3 aromatic rings. The normalized spacial score (nSPS) is 16.8. The molecule has 1 atom stereocenters. The molecule has 0 bridgehead atoms. The summed E-state index contributed by atoms with van der Waals surface area (Å²) < 4.78 is 7.10. The second-order valence-corrected chi connectivity index (χ2v) is 9.99. The first-order valence-electron chi connectivity index (χ1n) is 9.95. The summed E-state index contributed by atoms with van der Waals surface area (Å²) in [4.78, 5) is 24.7. The zero-order valence-corrected chi connectivity index (χ0v) is 18.5. The number of hydrogen-bond acceptors (Lipinski definition) is 7. The minimum atomic E-state index is 0.0932. The molecular formula is C20H26N4O2S2. The number of nitrogens with zero attached hydrogens (tertiary/aromatic N) is 4. The van der Waals surface area contributed by atoms with Gasteiger partial charge in [0.15, 0.2) is 11.0 Å². The van der Waals surface area contributed by atoms with Gasteiger partial charge in [0.1, 0.15) is 4.83 Å². The van der Waals surface area contributed by atoms with E-state index >= 15 is 0 Å². The number of fused-ring (bicyclic) bond motifs is 3. The molecule has 0 saturated heterocycles. The zero-order valence-electron chi connectivity index (χ0n) is 16.8. The van der Waals surface area contributed by atoms with Crippen LogP contribution in [0.1, 0.15) is 56.3 Å². The van der Waals surface area contributed by atoms with Gasteiger partial charge in [0.05, 0.1) is 11.1 Å². The van der Waals surface area contributed by atoms with Crippen LogP contribution in [0.15, 0.2) is 14.5 Å². The van der Waals surface area contributed by atoms with Crippen molar-refractivity contribution in [2.24, 2.45) is 11.8 Å². The molecule has 1 aliphatic rings. The minimum Gasteiger partial charge on any atom is -0.339 e. The number of aromatic nitrogens is 4. The molecule has 0 spiro atoms. The first-order chi connectivity index (χ1) is 13.5. The fourth-order valence-electron chi connectivity index (χ4n) is 3.70. The molecule has 3 heterocycles. The van der Waals surface area contributed by atoms with Crippen LogP contribution in [0, 0.1) is 11.8 Å². The quantitative estimate of drug-likeness (QED) is 0.434. The third-order valence-electron chi connectivity index (χ3n) is 5.12. The molecule has 4 rings (SSSR count). The molecule has 0 amide bonds.